The van der Waals surface area contributed by atoms with E-state index in [-0.39, 0.29) is 12.5 Å². The Morgan fingerprint density at radius 2 is 2.00 bits per heavy atom. The predicted molar refractivity (Wildman–Crippen MR) is 73.9 cm³/mol. The summed E-state index contributed by atoms with van der Waals surface area (Å²) in [6.07, 6.45) is 1.47. The van der Waals surface area contributed by atoms with Gasteiger partial charge in [-0.05, 0) is 32.9 Å². The summed E-state index contributed by atoms with van der Waals surface area (Å²) in [5.74, 6) is 0.326. The van der Waals surface area contributed by atoms with Crippen LogP contribution in [0.3, 0.4) is 0 Å². The van der Waals surface area contributed by atoms with Crippen LogP contribution in [0.15, 0.2) is 30.6 Å². The minimum Gasteiger partial charge on any atom is -0.459 e. The van der Waals surface area contributed by atoms with Crippen LogP contribution >= 0.6 is 0 Å². The van der Waals surface area contributed by atoms with Crippen LogP contribution in [0.4, 0.5) is 5.82 Å². The molecular weight excluding hydrogens is 242 g/mol. The molecule has 5 heteroatoms. The maximum atomic E-state index is 11.6. The molecule has 0 spiro atoms. The maximum Gasteiger partial charge on any atom is 0.325 e. The number of carbonyl (C=O) groups is 1. The number of hydrogen-bond donors (Lipinski definition) is 1. The molecule has 2 rings (SSSR count). The van der Waals surface area contributed by atoms with Gasteiger partial charge < -0.3 is 10.1 Å². The molecule has 1 heterocycles. The molecule has 1 N–H and O–H groups in total. The van der Waals surface area contributed by atoms with Crippen molar-refractivity contribution >= 4 is 22.7 Å². The summed E-state index contributed by atoms with van der Waals surface area (Å²) >= 11 is 0. The van der Waals surface area contributed by atoms with Crippen molar-refractivity contribution in [1.82, 2.24) is 9.97 Å². The average Bonchev–Trinajstić information content (AvgIpc) is 2.34. The van der Waals surface area contributed by atoms with Crippen LogP contribution in [0.2, 0.25) is 0 Å². The summed E-state index contributed by atoms with van der Waals surface area (Å²) in [5, 5.41) is 3.87. The summed E-state index contributed by atoms with van der Waals surface area (Å²) in [7, 11) is 0. The summed E-state index contributed by atoms with van der Waals surface area (Å²) in [6.45, 7) is 5.60. The lowest BCUT2D eigenvalue weighted by molar-refractivity contribution is -0.152. The van der Waals surface area contributed by atoms with Gasteiger partial charge in [0.25, 0.3) is 0 Å². The fourth-order valence-electron chi connectivity index (χ4n) is 1.68. The summed E-state index contributed by atoms with van der Waals surface area (Å²) in [4.78, 5) is 19.9. The number of hydrogen-bond acceptors (Lipinski definition) is 5. The zero-order chi connectivity index (χ0) is 13.9. The van der Waals surface area contributed by atoms with Gasteiger partial charge >= 0.3 is 5.97 Å². The number of ether oxygens (including phenoxy) is 1. The molecule has 2 aromatic rings. The molecule has 0 aliphatic carbocycles. The molecule has 0 aliphatic heterocycles. The number of rotatable bonds is 3. The van der Waals surface area contributed by atoms with E-state index >= 15 is 0 Å². The van der Waals surface area contributed by atoms with Crippen LogP contribution in [0.5, 0.6) is 0 Å². The molecule has 0 bridgehead atoms. The highest BCUT2D eigenvalue weighted by atomic mass is 16.6. The standard InChI is InChI=1S/C14H17N3O2/c1-14(2,3)19-12(18)8-15-13-10-6-4-5-7-11(10)16-9-17-13/h4-7,9H,8H2,1-3H3,(H,15,16,17). The van der Waals surface area contributed by atoms with Gasteiger partial charge in [0.15, 0.2) is 0 Å². The molecular formula is C14H17N3O2. The Labute approximate surface area is 112 Å². The number of nitrogens with zero attached hydrogens (tertiary/aromatic N) is 2. The Balaban J connectivity index is 2.08. The van der Waals surface area contributed by atoms with Crippen molar-refractivity contribution in [1.29, 1.82) is 0 Å². The molecule has 0 aliphatic rings. The first-order valence-corrected chi connectivity index (χ1v) is 6.11. The molecule has 0 unspecified atom stereocenters. The van der Waals surface area contributed by atoms with Crippen LogP contribution in [0.25, 0.3) is 10.9 Å². The lowest BCUT2D eigenvalue weighted by Crippen LogP contribution is -2.28. The van der Waals surface area contributed by atoms with Crippen LogP contribution in [0.1, 0.15) is 20.8 Å². The summed E-state index contributed by atoms with van der Waals surface area (Å²) < 4.78 is 5.23. The van der Waals surface area contributed by atoms with Crippen molar-refractivity contribution in [2.24, 2.45) is 0 Å². The topological polar surface area (TPSA) is 64.1 Å². The van der Waals surface area contributed by atoms with Gasteiger partial charge in [0.1, 0.15) is 24.3 Å². The minimum atomic E-state index is -0.480. The molecule has 1 aromatic heterocycles. The zero-order valence-electron chi connectivity index (χ0n) is 11.3. The second-order valence-corrected chi connectivity index (χ2v) is 5.18. The van der Waals surface area contributed by atoms with Gasteiger partial charge in [0, 0.05) is 5.39 Å². The van der Waals surface area contributed by atoms with Gasteiger partial charge in [0.2, 0.25) is 0 Å². The fourth-order valence-corrected chi connectivity index (χ4v) is 1.68. The second kappa shape index (κ2) is 5.22. The second-order valence-electron chi connectivity index (χ2n) is 5.18. The van der Waals surface area contributed by atoms with Gasteiger partial charge in [-0.15, -0.1) is 0 Å². The van der Waals surface area contributed by atoms with E-state index in [1.54, 1.807) is 0 Å². The van der Waals surface area contributed by atoms with Crippen LogP contribution in [0, 0.1) is 0 Å². The van der Waals surface area contributed by atoms with Gasteiger partial charge in [-0.2, -0.15) is 0 Å². The van der Waals surface area contributed by atoms with E-state index in [0.717, 1.165) is 10.9 Å². The maximum absolute atomic E-state index is 11.6. The average molecular weight is 259 g/mol. The Bertz CT molecular complexity index is 585. The largest absolute Gasteiger partial charge is 0.459 e. The first-order chi connectivity index (χ1) is 8.96. The van der Waals surface area contributed by atoms with Crippen LogP contribution in [-0.4, -0.2) is 28.1 Å². The van der Waals surface area contributed by atoms with E-state index in [4.69, 9.17) is 4.74 Å². The lowest BCUT2D eigenvalue weighted by Gasteiger charge is -2.19. The Morgan fingerprint density at radius 3 is 2.74 bits per heavy atom. The highest BCUT2D eigenvalue weighted by Crippen LogP contribution is 2.18. The molecule has 19 heavy (non-hydrogen) atoms. The number of carbonyl (C=O) groups excluding carboxylic acids is 1. The molecule has 100 valence electrons. The monoisotopic (exact) mass is 259 g/mol. The van der Waals surface area contributed by atoms with Gasteiger partial charge in [-0.3, -0.25) is 4.79 Å². The van der Waals surface area contributed by atoms with Crippen molar-refractivity contribution in [2.45, 2.75) is 26.4 Å². The first kappa shape index (κ1) is 13.3. The number of anilines is 1. The number of para-hydroxylation sites is 1. The number of esters is 1. The minimum absolute atomic E-state index is 0.0816. The summed E-state index contributed by atoms with van der Waals surface area (Å²) in [5.41, 5.74) is 0.358. The van der Waals surface area contributed by atoms with E-state index in [1.807, 2.05) is 45.0 Å². The molecule has 0 fully saturated rings. The SMILES string of the molecule is CC(C)(C)OC(=O)CNc1ncnc2ccccc12. The van der Waals surface area contributed by atoms with Crippen molar-refractivity contribution in [2.75, 3.05) is 11.9 Å². The van der Waals surface area contributed by atoms with E-state index in [9.17, 15) is 4.79 Å². The van der Waals surface area contributed by atoms with E-state index in [0.29, 0.717) is 5.82 Å². The van der Waals surface area contributed by atoms with Crippen molar-refractivity contribution in [3.8, 4) is 0 Å². The predicted octanol–water partition coefficient (Wildman–Crippen LogP) is 2.38. The van der Waals surface area contributed by atoms with Crippen LogP contribution in [-0.2, 0) is 9.53 Å². The highest BCUT2D eigenvalue weighted by molar-refractivity contribution is 5.90. The zero-order valence-corrected chi connectivity index (χ0v) is 11.3. The quantitative estimate of drug-likeness (QED) is 0.857. The normalized spacial score (nSPS) is 11.3. The lowest BCUT2D eigenvalue weighted by atomic mass is 10.2. The highest BCUT2D eigenvalue weighted by Gasteiger charge is 2.16. The first-order valence-electron chi connectivity index (χ1n) is 6.11. The molecule has 1 aromatic carbocycles. The third kappa shape index (κ3) is 3.64. The van der Waals surface area contributed by atoms with Crippen molar-refractivity contribution in [3.63, 3.8) is 0 Å². The van der Waals surface area contributed by atoms with Crippen molar-refractivity contribution in [3.05, 3.63) is 30.6 Å². The third-order valence-corrected chi connectivity index (χ3v) is 2.36. The van der Waals surface area contributed by atoms with E-state index in [2.05, 4.69) is 15.3 Å². The fraction of sp³-hybridized carbons (Fsp3) is 0.357. The van der Waals surface area contributed by atoms with E-state index < -0.39 is 5.60 Å². The molecule has 0 saturated heterocycles. The number of fused-ring (bicyclic) bond motifs is 1. The molecule has 0 radical (unpaired) electrons. The smallest absolute Gasteiger partial charge is 0.325 e. The molecule has 0 amide bonds. The van der Waals surface area contributed by atoms with Crippen LogP contribution < -0.4 is 5.32 Å². The van der Waals surface area contributed by atoms with Gasteiger partial charge in [-0.25, -0.2) is 9.97 Å². The molecule has 0 saturated carbocycles. The Hall–Kier alpha value is -2.17. The summed E-state index contributed by atoms with van der Waals surface area (Å²) in [6, 6.07) is 7.62. The Morgan fingerprint density at radius 1 is 1.26 bits per heavy atom. The number of aromatic nitrogens is 2. The third-order valence-electron chi connectivity index (χ3n) is 2.36. The molecule has 5 nitrogen and oxygen atoms in total. The van der Waals surface area contributed by atoms with Gasteiger partial charge in [0.05, 0.1) is 5.52 Å². The van der Waals surface area contributed by atoms with E-state index in [1.165, 1.54) is 6.33 Å². The van der Waals surface area contributed by atoms with Gasteiger partial charge in [-0.1, -0.05) is 12.1 Å². The number of benzene rings is 1. The Kier molecular flexibility index (Phi) is 3.64. The van der Waals surface area contributed by atoms with Crippen molar-refractivity contribution < 1.29 is 9.53 Å². The number of nitrogens with one attached hydrogen (secondary N) is 1. The molecule has 0 atom stereocenters.